The Balaban J connectivity index is 0.000000123. The third-order valence-corrected chi connectivity index (χ3v) is 19.6. The summed E-state index contributed by atoms with van der Waals surface area (Å²) in [7, 11) is 0. The molecular formula is C76H86F4N18O6. The Labute approximate surface area is 601 Å². The van der Waals surface area contributed by atoms with Gasteiger partial charge in [-0.3, -0.25) is 0 Å². The molecule has 24 nitrogen and oxygen atoms in total. The van der Waals surface area contributed by atoms with Gasteiger partial charge in [-0.2, -0.15) is 20.4 Å². The molecule has 0 atom stereocenters. The van der Waals surface area contributed by atoms with Crippen LogP contribution in [0.5, 0.6) is 11.5 Å². The number of hydrogen-bond donors (Lipinski definition) is 2. The van der Waals surface area contributed by atoms with Crippen LogP contribution in [0.2, 0.25) is 0 Å². The fraction of sp³-hybridized carbons (Fsp3) is 0.421. The van der Waals surface area contributed by atoms with Gasteiger partial charge in [0.25, 0.3) is 0 Å². The highest BCUT2D eigenvalue weighted by molar-refractivity contribution is 5.90. The number of benzene rings is 4. The number of ether oxygens (including phenoxy) is 2. The summed E-state index contributed by atoms with van der Waals surface area (Å²) < 4.78 is 67.1. The van der Waals surface area contributed by atoms with Crippen molar-refractivity contribution in [2.75, 3.05) is 135 Å². The van der Waals surface area contributed by atoms with Crippen LogP contribution in [0.15, 0.2) is 121 Å². The van der Waals surface area contributed by atoms with Gasteiger partial charge in [0.15, 0.2) is 23.3 Å². The summed E-state index contributed by atoms with van der Waals surface area (Å²) in [5, 5.41) is 38.6. The van der Waals surface area contributed by atoms with Gasteiger partial charge in [-0.05, 0) is 210 Å². The van der Waals surface area contributed by atoms with Gasteiger partial charge in [0.1, 0.15) is 34.8 Å². The first kappa shape index (κ1) is 71.6. The highest BCUT2D eigenvalue weighted by atomic mass is 19.1. The number of anilines is 6. The summed E-state index contributed by atoms with van der Waals surface area (Å²) in [6, 6.07) is 34.5. The third-order valence-electron chi connectivity index (χ3n) is 19.6. The average molecular weight is 1420 g/mol. The molecule has 4 saturated carbocycles. The second-order valence-electron chi connectivity index (χ2n) is 27.6. The van der Waals surface area contributed by atoms with Crippen molar-refractivity contribution < 1.29 is 46.2 Å². The predicted octanol–water partition coefficient (Wildman–Crippen LogP) is 12.6. The lowest BCUT2D eigenvalue weighted by Crippen LogP contribution is -2.50. The fourth-order valence-corrected chi connectivity index (χ4v) is 12.7. The van der Waals surface area contributed by atoms with E-state index >= 15 is 0 Å². The first-order chi connectivity index (χ1) is 50.4. The van der Waals surface area contributed by atoms with Gasteiger partial charge in [-0.25, -0.2) is 36.7 Å². The topological polar surface area (TPSA) is 240 Å². The molecule has 0 radical (unpaired) electrons. The molecule has 28 heteroatoms. The Morgan fingerprint density at radius 3 is 0.798 bits per heavy atom. The summed E-state index contributed by atoms with van der Waals surface area (Å²) in [5.74, 6) is 4.12. The van der Waals surface area contributed by atoms with E-state index in [0.29, 0.717) is 140 Å². The Bertz CT molecular complexity index is 3740. The monoisotopic (exact) mass is 1420 g/mol. The minimum atomic E-state index is -0.446. The Kier molecular flexibility index (Phi) is 22.5. The molecule has 8 aliphatic rings. The molecule has 4 saturated heterocycles. The molecule has 16 rings (SSSR count). The van der Waals surface area contributed by atoms with Gasteiger partial charge in [-0.1, -0.05) is 24.3 Å². The molecular weight excluding hydrogens is 1340 g/mol. The van der Waals surface area contributed by atoms with Gasteiger partial charge >= 0.3 is 24.2 Å². The lowest BCUT2D eigenvalue weighted by molar-refractivity contribution is 0.148. The van der Waals surface area contributed by atoms with Gasteiger partial charge in [0, 0.05) is 128 Å². The van der Waals surface area contributed by atoms with Crippen molar-refractivity contribution in [1.82, 2.24) is 60.4 Å². The van der Waals surface area contributed by atoms with E-state index in [4.69, 9.17) is 9.47 Å². The second kappa shape index (κ2) is 32.7. The van der Waals surface area contributed by atoms with Gasteiger partial charge < -0.3 is 59.3 Å². The number of aromatic nitrogens is 8. The van der Waals surface area contributed by atoms with Crippen molar-refractivity contribution >= 4 is 58.9 Å². The average Bonchev–Trinajstić information content (AvgIpc) is 1.68. The van der Waals surface area contributed by atoms with E-state index in [1.54, 1.807) is 68.1 Å². The molecule has 6 amide bonds. The zero-order valence-corrected chi connectivity index (χ0v) is 58.9. The Hall–Kier alpha value is -10.8. The summed E-state index contributed by atoms with van der Waals surface area (Å²) in [6.07, 6.45) is 7.46. The van der Waals surface area contributed by atoms with E-state index in [1.165, 1.54) is 24.3 Å². The molecule has 4 aliphatic carbocycles. The molecule has 4 aromatic heterocycles. The minimum absolute atomic E-state index is 0.196. The normalized spacial score (nSPS) is 17.3. The zero-order valence-electron chi connectivity index (χ0n) is 58.9. The number of nitrogens with zero attached hydrogens (tertiary/aromatic N) is 16. The molecule has 104 heavy (non-hydrogen) atoms. The summed E-state index contributed by atoms with van der Waals surface area (Å²) >= 11 is 0. The first-order valence-electron chi connectivity index (χ1n) is 35.8. The SMILES string of the molecule is Cc1ccc(N2CCN(C(=O)Nc3ccc(C4CC4)c(F)c3)CC2)nn1.Cc1ccc(N2CCN(C(=O)Nc3ccc(C4CC4)c(F)c3)CC2)nn1.Cc1ccc(N2CCN(C(=O)Oc3ccc(C4CC4)c(F)c3)CC2)nn1.Cc1ccc(N2CCN(C(=O)Oc3ccc(C4CC4)c(F)c3)CC2)nn1. The van der Waals surface area contributed by atoms with Crippen LogP contribution in [-0.2, 0) is 0 Å². The van der Waals surface area contributed by atoms with Crippen LogP contribution >= 0.6 is 0 Å². The van der Waals surface area contributed by atoms with Crippen molar-refractivity contribution in [1.29, 1.82) is 0 Å². The van der Waals surface area contributed by atoms with Crippen molar-refractivity contribution in [2.24, 2.45) is 0 Å². The van der Waals surface area contributed by atoms with Crippen LogP contribution in [-0.4, -0.2) is 189 Å². The smallest absolute Gasteiger partial charge is 0.410 e. The Morgan fingerprint density at radius 1 is 0.317 bits per heavy atom. The molecule has 544 valence electrons. The molecule has 4 aliphatic heterocycles. The number of urea groups is 2. The quantitative estimate of drug-likeness (QED) is 0.108. The van der Waals surface area contributed by atoms with Crippen LogP contribution in [0.3, 0.4) is 0 Å². The van der Waals surface area contributed by atoms with Gasteiger partial charge in [-0.15, -0.1) is 20.4 Å². The summed E-state index contributed by atoms with van der Waals surface area (Å²) in [6.45, 7) is 17.4. The van der Waals surface area contributed by atoms with Crippen molar-refractivity contribution in [3.63, 3.8) is 0 Å². The van der Waals surface area contributed by atoms with Crippen molar-refractivity contribution in [3.8, 4) is 11.5 Å². The number of nitrogens with one attached hydrogen (secondary N) is 2. The van der Waals surface area contributed by atoms with Gasteiger partial charge in [0.05, 0.1) is 22.8 Å². The van der Waals surface area contributed by atoms with Crippen molar-refractivity contribution in [2.45, 2.75) is 103 Å². The maximum Gasteiger partial charge on any atom is 0.415 e. The molecule has 0 bridgehead atoms. The fourth-order valence-electron chi connectivity index (χ4n) is 12.7. The van der Waals surface area contributed by atoms with Crippen LogP contribution < -0.4 is 39.7 Å². The highest BCUT2D eigenvalue weighted by Crippen LogP contribution is 2.45. The molecule has 0 unspecified atom stereocenters. The number of carbonyl (C=O) groups is 4. The maximum absolute atomic E-state index is 14.1. The standard InChI is InChI=1S/2C19H22FN5O.2C19H21FN4O2/c2*1-13-2-7-18(23-22-13)24-8-10-25(11-9-24)19(26)21-15-5-6-16(14-3-4-14)17(20)12-15;2*1-13-2-7-18(22-21-13)23-8-10-24(11-9-23)19(25)26-15-5-6-16(14-3-4-14)17(20)12-15/h2*2,5-7,12,14H,3-4,8-11H2,1H3,(H,21,26);2*2,5-7,12,14H,3-4,8-11H2,1H3. The van der Waals surface area contributed by atoms with Gasteiger partial charge in [0.2, 0.25) is 0 Å². The number of halogens is 4. The second-order valence-corrected chi connectivity index (χ2v) is 27.6. The summed E-state index contributed by atoms with van der Waals surface area (Å²) in [4.78, 5) is 64.7. The molecule has 8 heterocycles. The highest BCUT2D eigenvalue weighted by Gasteiger charge is 2.33. The molecule has 4 aromatic carbocycles. The zero-order chi connectivity index (χ0) is 72.4. The number of rotatable bonds is 12. The molecule has 8 aromatic rings. The maximum atomic E-state index is 14.1. The van der Waals surface area contributed by atoms with Crippen LogP contribution in [0, 0.1) is 51.0 Å². The number of aryl methyl sites for hydroxylation is 4. The largest absolute Gasteiger partial charge is 0.415 e. The number of carbonyl (C=O) groups excluding carboxylic acids is 4. The van der Waals surface area contributed by atoms with Crippen LogP contribution in [0.1, 0.15) is 120 Å². The van der Waals surface area contributed by atoms with E-state index in [2.05, 4.69) is 71.0 Å². The minimum Gasteiger partial charge on any atom is -0.410 e. The number of hydrogen-bond acceptors (Lipinski definition) is 18. The Morgan fingerprint density at radius 2 is 0.567 bits per heavy atom. The van der Waals surface area contributed by atoms with Crippen LogP contribution in [0.25, 0.3) is 0 Å². The summed E-state index contributed by atoms with van der Waals surface area (Å²) in [5.41, 5.74) is 7.47. The number of piperazine rings is 4. The first-order valence-corrected chi connectivity index (χ1v) is 35.8. The van der Waals surface area contributed by atoms with Crippen molar-refractivity contribution in [3.05, 3.63) is 190 Å². The van der Waals surface area contributed by atoms with Crippen LogP contribution in [0.4, 0.5) is 71.4 Å². The van der Waals surface area contributed by atoms with E-state index < -0.39 is 12.2 Å². The molecule has 8 fully saturated rings. The number of amides is 6. The van der Waals surface area contributed by atoms with E-state index in [-0.39, 0.29) is 46.8 Å². The predicted molar refractivity (Wildman–Crippen MR) is 386 cm³/mol. The lowest BCUT2D eigenvalue weighted by atomic mass is 10.1. The van der Waals surface area contributed by atoms with E-state index in [0.717, 1.165) is 120 Å². The molecule has 2 N–H and O–H groups in total. The van der Waals surface area contributed by atoms with E-state index in [1.807, 2.05) is 76.2 Å². The molecule has 0 spiro atoms. The third kappa shape index (κ3) is 19.1. The lowest BCUT2D eigenvalue weighted by Gasteiger charge is -2.35. The van der Waals surface area contributed by atoms with E-state index in [9.17, 15) is 36.7 Å².